The number of aryl methyl sites for hydroxylation is 2. The Labute approximate surface area is 102 Å². The Morgan fingerprint density at radius 2 is 2.24 bits per heavy atom. The van der Waals surface area contributed by atoms with Gasteiger partial charge in [0.25, 0.3) is 0 Å². The number of benzene rings is 1. The van der Waals surface area contributed by atoms with Crippen molar-refractivity contribution in [2.45, 2.75) is 17.0 Å². The van der Waals surface area contributed by atoms with Crippen LogP contribution in [0, 0.1) is 6.92 Å². The summed E-state index contributed by atoms with van der Waals surface area (Å²) in [6.07, 6.45) is 1.58. The fourth-order valence-electron chi connectivity index (χ4n) is 1.36. The summed E-state index contributed by atoms with van der Waals surface area (Å²) in [4.78, 5) is 11.8. The molecule has 0 bridgehead atoms. The van der Waals surface area contributed by atoms with E-state index in [2.05, 4.69) is 10.2 Å². The molecule has 2 rings (SSSR count). The number of carbonyl (C=O) groups is 1. The molecule has 0 atom stereocenters. The van der Waals surface area contributed by atoms with Gasteiger partial charge in [-0.1, -0.05) is 11.6 Å². The van der Waals surface area contributed by atoms with E-state index in [0.29, 0.717) is 10.1 Å². The molecule has 0 spiro atoms. The van der Waals surface area contributed by atoms with Gasteiger partial charge in [0, 0.05) is 11.9 Å². The lowest BCUT2D eigenvalue weighted by Gasteiger charge is -2.05. The Hall–Kier alpha value is -1.82. The lowest BCUT2D eigenvalue weighted by molar-refractivity contribution is 0.0693. The summed E-state index contributed by atoms with van der Waals surface area (Å²) < 4.78 is 1.75. The van der Waals surface area contributed by atoms with Crippen LogP contribution in [0.2, 0.25) is 0 Å². The number of hydrogen-bond donors (Lipinski definition) is 1. The summed E-state index contributed by atoms with van der Waals surface area (Å²) in [5, 5.41) is 17.5. The maximum absolute atomic E-state index is 11.1. The van der Waals surface area contributed by atoms with Crippen molar-refractivity contribution in [2.75, 3.05) is 0 Å². The smallest absolute Gasteiger partial charge is 0.336 e. The predicted octanol–water partition coefficient (Wildman–Crippen LogP) is 1.97. The van der Waals surface area contributed by atoms with E-state index in [4.69, 9.17) is 5.11 Å². The molecule has 0 unspecified atom stereocenters. The van der Waals surface area contributed by atoms with Crippen LogP contribution in [-0.4, -0.2) is 25.8 Å². The quantitative estimate of drug-likeness (QED) is 0.900. The Morgan fingerprint density at radius 3 is 2.82 bits per heavy atom. The maximum Gasteiger partial charge on any atom is 0.336 e. The second-order valence-electron chi connectivity index (χ2n) is 3.63. The van der Waals surface area contributed by atoms with Crippen LogP contribution in [0.4, 0.5) is 0 Å². The molecule has 1 N–H and O–H groups in total. The van der Waals surface area contributed by atoms with E-state index in [-0.39, 0.29) is 5.56 Å². The van der Waals surface area contributed by atoms with Gasteiger partial charge in [-0.25, -0.2) is 4.79 Å². The molecule has 1 aromatic carbocycles. The highest BCUT2D eigenvalue weighted by atomic mass is 32.2. The fourth-order valence-corrected chi connectivity index (χ4v) is 2.23. The third-order valence-electron chi connectivity index (χ3n) is 2.24. The highest BCUT2D eigenvalue weighted by Gasteiger charge is 2.13. The summed E-state index contributed by atoms with van der Waals surface area (Å²) in [5.74, 6) is -0.932. The van der Waals surface area contributed by atoms with E-state index < -0.39 is 5.97 Å². The molecule has 0 radical (unpaired) electrons. The van der Waals surface area contributed by atoms with E-state index >= 15 is 0 Å². The Kier molecular flexibility index (Phi) is 3.14. The van der Waals surface area contributed by atoms with Crippen LogP contribution >= 0.6 is 11.8 Å². The largest absolute Gasteiger partial charge is 0.478 e. The van der Waals surface area contributed by atoms with Gasteiger partial charge in [0.1, 0.15) is 6.33 Å². The van der Waals surface area contributed by atoms with Crippen LogP contribution in [0.3, 0.4) is 0 Å². The second-order valence-corrected chi connectivity index (χ2v) is 4.64. The van der Waals surface area contributed by atoms with E-state index in [9.17, 15) is 4.79 Å². The van der Waals surface area contributed by atoms with E-state index in [1.165, 1.54) is 11.8 Å². The summed E-state index contributed by atoms with van der Waals surface area (Å²) in [5.41, 5.74) is 1.21. The standard InChI is InChI=1S/C11H11N3O2S/c1-7-3-4-9(8(5-7)10(15)16)17-11-13-12-6-14(11)2/h3-6H,1-2H3,(H,15,16). The minimum absolute atomic E-state index is 0.290. The molecule has 0 aliphatic heterocycles. The van der Waals surface area contributed by atoms with Crippen molar-refractivity contribution in [2.24, 2.45) is 7.05 Å². The van der Waals surface area contributed by atoms with Crippen molar-refractivity contribution in [3.8, 4) is 0 Å². The summed E-state index contributed by atoms with van der Waals surface area (Å²) in [6.45, 7) is 1.86. The van der Waals surface area contributed by atoms with E-state index in [1.807, 2.05) is 20.0 Å². The molecule has 0 saturated heterocycles. The summed E-state index contributed by atoms with van der Waals surface area (Å²) >= 11 is 1.29. The molecule has 88 valence electrons. The van der Waals surface area contributed by atoms with Gasteiger partial charge in [0.2, 0.25) is 0 Å². The number of hydrogen-bond acceptors (Lipinski definition) is 4. The number of nitrogens with zero attached hydrogens (tertiary/aromatic N) is 3. The Morgan fingerprint density at radius 1 is 1.47 bits per heavy atom. The van der Waals surface area contributed by atoms with Crippen LogP contribution in [-0.2, 0) is 7.05 Å². The van der Waals surface area contributed by atoms with E-state index in [1.54, 1.807) is 23.0 Å². The summed E-state index contributed by atoms with van der Waals surface area (Å²) in [6, 6.07) is 5.32. The minimum Gasteiger partial charge on any atom is -0.478 e. The van der Waals surface area contributed by atoms with Crippen molar-refractivity contribution in [3.05, 3.63) is 35.7 Å². The average Bonchev–Trinajstić information content (AvgIpc) is 2.67. The van der Waals surface area contributed by atoms with Gasteiger partial charge in [-0.05, 0) is 30.8 Å². The zero-order valence-electron chi connectivity index (χ0n) is 9.41. The Balaban J connectivity index is 2.39. The molecule has 1 aromatic heterocycles. The second kappa shape index (κ2) is 4.58. The van der Waals surface area contributed by atoms with Crippen molar-refractivity contribution in [1.82, 2.24) is 14.8 Å². The molecule has 0 fully saturated rings. The zero-order valence-corrected chi connectivity index (χ0v) is 10.2. The van der Waals surface area contributed by atoms with E-state index in [0.717, 1.165) is 5.56 Å². The van der Waals surface area contributed by atoms with Gasteiger partial charge in [-0.3, -0.25) is 0 Å². The fraction of sp³-hybridized carbons (Fsp3) is 0.182. The van der Waals surface area contributed by atoms with Gasteiger partial charge >= 0.3 is 5.97 Å². The predicted molar refractivity (Wildman–Crippen MR) is 63.3 cm³/mol. The van der Waals surface area contributed by atoms with Crippen molar-refractivity contribution in [1.29, 1.82) is 0 Å². The van der Waals surface area contributed by atoms with Gasteiger partial charge in [0.15, 0.2) is 5.16 Å². The lowest BCUT2D eigenvalue weighted by Crippen LogP contribution is -2.00. The molecule has 5 nitrogen and oxygen atoms in total. The van der Waals surface area contributed by atoms with Gasteiger partial charge in [-0.2, -0.15) is 0 Å². The maximum atomic E-state index is 11.1. The van der Waals surface area contributed by atoms with Crippen molar-refractivity contribution < 1.29 is 9.90 Å². The lowest BCUT2D eigenvalue weighted by atomic mass is 10.1. The zero-order chi connectivity index (χ0) is 12.4. The first kappa shape index (κ1) is 11.7. The molecular weight excluding hydrogens is 238 g/mol. The number of carboxylic acids is 1. The number of aromatic nitrogens is 3. The van der Waals surface area contributed by atoms with Crippen molar-refractivity contribution in [3.63, 3.8) is 0 Å². The molecule has 1 heterocycles. The van der Waals surface area contributed by atoms with Gasteiger partial charge in [-0.15, -0.1) is 10.2 Å². The van der Waals surface area contributed by atoms with Crippen molar-refractivity contribution >= 4 is 17.7 Å². The molecule has 17 heavy (non-hydrogen) atoms. The number of aromatic carboxylic acids is 1. The normalized spacial score (nSPS) is 10.5. The molecular formula is C11H11N3O2S. The first-order chi connectivity index (χ1) is 8.08. The third kappa shape index (κ3) is 2.47. The SMILES string of the molecule is Cc1ccc(Sc2nncn2C)c(C(=O)O)c1. The Bertz CT molecular complexity index is 566. The number of rotatable bonds is 3. The summed E-state index contributed by atoms with van der Waals surface area (Å²) in [7, 11) is 1.82. The van der Waals surface area contributed by atoms with Gasteiger partial charge < -0.3 is 9.67 Å². The topological polar surface area (TPSA) is 68.0 Å². The third-order valence-corrected chi connectivity index (χ3v) is 3.36. The van der Waals surface area contributed by atoms with Crippen LogP contribution < -0.4 is 0 Å². The average molecular weight is 249 g/mol. The van der Waals surface area contributed by atoms with Crippen LogP contribution in [0.15, 0.2) is 34.6 Å². The van der Waals surface area contributed by atoms with Crippen LogP contribution in [0.25, 0.3) is 0 Å². The minimum atomic E-state index is -0.932. The first-order valence-corrected chi connectivity index (χ1v) is 5.75. The molecule has 0 saturated carbocycles. The molecule has 0 aliphatic carbocycles. The molecule has 0 amide bonds. The highest BCUT2D eigenvalue weighted by molar-refractivity contribution is 7.99. The molecule has 6 heteroatoms. The van der Waals surface area contributed by atoms with Crippen LogP contribution in [0.1, 0.15) is 15.9 Å². The first-order valence-electron chi connectivity index (χ1n) is 4.93. The van der Waals surface area contributed by atoms with Gasteiger partial charge in [0.05, 0.1) is 5.56 Å². The molecule has 0 aliphatic rings. The molecule has 2 aromatic rings. The monoisotopic (exact) mass is 249 g/mol. The number of carboxylic acid groups (broad SMARTS) is 1. The van der Waals surface area contributed by atoms with Crippen LogP contribution in [0.5, 0.6) is 0 Å². The highest BCUT2D eigenvalue weighted by Crippen LogP contribution is 2.29.